The van der Waals surface area contributed by atoms with Gasteiger partial charge in [0, 0.05) is 18.2 Å². The van der Waals surface area contributed by atoms with Gasteiger partial charge < -0.3 is 11.5 Å². The second-order valence-corrected chi connectivity index (χ2v) is 4.30. The zero-order valence-corrected chi connectivity index (χ0v) is 9.84. The van der Waals surface area contributed by atoms with Crippen LogP contribution in [0.1, 0.15) is 34.1 Å². The van der Waals surface area contributed by atoms with E-state index >= 15 is 0 Å². The molecule has 1 heterocycles. The molecule has 1 aliphatic rings. The van der Waals surface area contributed by atoms with E-state index in [9.17, 15) is 14.4 Å². The second-order valence-electron chi connectivity index (χ2n) is 4.30. The summed E-state index contributed by atoms with van der Waals surface area (Å²) in [6, 6.07) is 3.98. The van der Waals surface area contributed by atoms with Gasteiger partial charge in [0.15, 0.2) is 0 Å². The molecule has 0 bridgehead atoms. The highest BCUT2D eigenvalue weighted by Gasteiger charge is 2.38. The molecule has 6 nitrogen and oxygen atoms in total. The van der Waals surface area contributed by atoms with Crippen LogP contribution in [0.15, 0.2) is 18.2 Å². The predicted molar refractivity (Wildman–Crippen MR) is 64.6 cm³/mol. The van der Waals surface area contributed by atoms with Crippen molar-refractivity contribution in [3.63, 3.8) is 0 Å². The number of amides is 3. The van der Waals surface area contributed by atoms with Crippen LogP contribution in [0.3, 0.4) is 0 Å². The van der Waals surface area contributed by atoms with E-state index in [1.807, 2.05) is 0 Å². The number of nitrogens with two attached hydrogens (primary N) is 2. The average molecular weight is 247 g/mol. The lowest BCUT2D eigenvalue weighted by Gasteiger charge is -2.20. The van der Waals surface area contributed by atoms with E-state index in [4.69, 9.17) is 11.5 Å². The van der Waals surface area contributed by atoms with Crippen molar-refractivity contribution in [3.05, 3.63) is 29.3 Å². The minimum absolute atomic E-state index is 0.0546. The number of nitrogens with zero attached hydrogens (tertiary/aromatic N) is 1. The Balaban J connectivity index is 2.36. The number of carbonyl (C=O) groups is 3. The lowest BCUT2D eigenvalue weighted by Crippen LogP contribution is -2.40. The molecule has 0 fully saturated rings. The number of nitrogen functional groups attached to an aromatic ring is 1. The van der Waals surface area contributed by atoms with Gasteiger partial charge >= 0.3 is 0 Å². The molecule has 0 aromatic heterocycles. The monoisotopic (exact) mass is 247 g/mol. The Bertz CT molecular complexity index is 553. The molecule has 0 spiro atoms. The fraction of sp³-hybridized carbons (Fsp3) is 0.250. The van der Waals surface area contributed by atoms with Gasteiger partial charge in [-0.2, -0.15) is 0 Å². The van der Waals surface area contributed by atoms with Crippen LogP contribution in [0.25, 0.3) is 0 Å². The summed E-state index contributed by atoms with van der Waals surface area (Å²) in [7, 11) is 0. The molecule has 2 rings (SSSR count). The van der Waals surface area contributed by atoms with E-state index in [0.717, 1.165) is 4.90 Å². The average Bonchev–Trinajstić information content (AvgIpc) is 2.50. The van der Waals surface area contributed by atoms with Crippen LogP contribution in [0.4, 0.5) is 5.69 Å². The maximum absolute atomic E-state index is 12.1. The standard InChI is InChI=1S/C12H13N3O3/c1-6(4-10(14)16)15-11(17)8-3-2-7(13)5-9(8)12(15)18/h2-3,5-6H,4,13H2,1H3,(H2,14,16). The molecule has 18 heavy (non-hydrogen) atoms. The number of benzene rings is 1. The van der Waals surface area contributed by atoms with E-state index in [1.165, 1.54) is 12.1 Å². The van der Waals surface area contributed by atoms with Gasteiger partial charge in [-0.15, -0.1) is 0 Å². The van der Waals surface area contributed by atoms with Crippen LogP contribution < -0.4 is 11.5 Å². The van der Waals surface area contributed by atoms with E-state index in [-0.39, 0.29) is 12.0 Å². The summed E-state index contributed by atoms with van der Waals surface area (Å²) in [5.41, 5.74) is 11.7. The number of rotatable bonds is 3. The molecule has 1 unspecified atom stereocenters. The topological polar surface area (TPSA) is 106 Å². The lowest BCUT2D eigenvalue weighted by molar-refractivity contribution is -0.118. The Morgan fingerprint density at radius 2 is 1.89 bits per heavy atom. The van der Waals surface area contributed by atoms with E-state index < -0.39 is 23.8 Å². The van der Waals surface area contributed by atoms with Crippen LogP contribution in [-0.4, -0.2) is 28.7 Å². The summed E-state index contributed by atoms with van der Waals surface area (Å²) < 4.78 is 0. The number of hydrogen-bond donors (Lipinski definition) is 2. The molecule has 0 radical (unpaired) electrons. The minimum atomic E-state index is -0.559. The van der Waals surface area contributed by atoms with Gasteiger partial charge in [-0.25, -0.2) is 0 Å². The smallest absolute Gasteiger partial charge is 0.261 e. The molecule has 3 amide bonds. The van der Waals surface area contributed by atoms with Gasteiger partial charge in [0.25, 0.3) is 11.8 Å². The highest BCUT2D eigenvalue weighted by Crippen LogP contribution is 2.27. The molecular formula is C12H13N3O3. The molecule has 1 atom stereocenters. The zero-order valence-electron chi connectivity index (χ0n) is 9.84. The van der Waals surface area contributed by atoms with Crippen molar-refractivity contribution in [1.29, 1.82) is 0 Å². The fourth-order valence-corrected chi connectivity index (χ4v) is 2.06. The Morgan fingerprint density at radius 3 is 2.50 bits per heavy atom. The maximum atomic E-state index is 12.1. The number of fused-ring (bicyclic) bond motifs is 1. The predicted octanol–water partition coefficient (Wildman–Crippen LogP) is 0.129. The van der Waals surface area contributed by atoms with Crippen molar-refractivity contribution < 1.29 is 14.4 Å². The Morgan fingerprint density at radius 1 is 1.28 bits per heavy atom. The van der Waals surface area contributed by atoms with E-state index in [0.29, 0.717) is 11.3 Å². The number of primary amides is 1. The first-order chi connectivity index (χ1) is 8.41. The molecule has 1 aliphatic heterocycles. The SMILES string of the molecule is CC(CC(N)=O)N1C(=O)c2ccc(N)cc2C1=O. The quantitative estimate of drug-likeness (QED) is 0.584. The summed E-state index contributed by atoms with van der Waals surface area (Å²) in [6.07, 6.45) is -0.0546. The zero-order chi connectivity index (χ0) is 13.4. The van der Waals surface area contributed by atoms with Crippen molar-refractivity contribution in [2.45, 2.75) is 19.4 Å². The molecular weight excluding hydrogens is 234 g/mol. The lowest BCUT2D eigenvalue weighted by atomic mass is 10.1. The Kier molecular flexibility index (Phi) is 2.78. The summed E-state index contributed by atoms with van der Waals surface area (Å²) in [5, 5.41) is 0. The van der Waals surface area contributed by atoms with Gasteiger partial charge in [-0.1, -0.05) is 0 Å². The molecule has 0 saturated carbocycles. The van der Waals surface area contributed by atoms with Crippen LogP contribution in [0.2, 0.25) is 0 Å². The third-order valence-electron chi connectivity index (χ3n) is 2.88. The third kappa shape index (κ3) is 1.81. The minimum Gasteiger partial charge on any atom is -0.399 e. The molecule has 1 aromatic carbocycles. The summed E-state index contributed by atoms with van der Waals surface area (Å²) in [5.74, 6) is -1.40. The highest BCUT2D eigenvalue weighted by molar-refractivity contribution is 6.22. The number of hydrogen-bond acceptors (Lipinski definition) is 4. The second kappa shape index (κ2) is 4.14. The van der Waals surface area contributed by atoms with Crippen LogP contribution in [-0.2, 0) is 4.79 Å². The van der Waals surface area contributed by atoms with Crippen molar-refractivity contribution in [1.82, 2.24) is 4.90 Å². The fourth-order valence-electron chi connectivity index (χ4n) is 2.06. The summed E-state index contributed by atoms with van der Waals surface area (Å²) >= 11 is 0. The van der Waals surface area contributed by atoms with Gasteiger partial charge in [0.05, 0.1) is 11.1 Å². The van der Waals surface area contributed by atoms with Gasteiger partial charge in [0.1, 0.15) is 0 Å². The maximum Gasteiger partial charge on any atom is 0.261 e. The van der Waals surface area contributed by atoms with Crippen molar-refractivity contribution in [2.75, 3.05) is 5.73 Å². The van der Waals surface area contributed by atoms with Crippen molar-refractivity contribution in [3.8, 4) is 0 Å². The van der Waals surface area contributed by atoms with Crippen LogP contribution >= 0.6 is 0 Å². The molecule has 94 valence electrons. The van der Waals surface area contributed by atoms with E-state index in [1.54, 1.807) is 13.0 Å². The normalized spacial score (nSPS) is 15.7. The highest BCUT2D eigenvalue weighted by atomic mass is 16.2. The largest absolute Gasteiger partial charge is 0.399 e. The molecule has 0 saturated heterocycles. The number of imide groups is 1. The van der Waals surface area contributed by atoms with Gasteiger partial charge in [0.2, 0.25) is 5.91 Å². The van der Waals surface area contributed by atoms with Gasteiger partial charge in [-0.05, 0) is 25.1 Å². The number of anilines is 1. The van der Waals surface area contributed by atoms with Crippen LogP contribution in [0.5, 0.6) is 0 Å². The van der Waals surface area contributed by atoms with Crippen molar-refractivity contribution in [2.24, 2.45) is 5.73 Å². The van der Waals surface area contributed by atoms with E-state index in [2.05, 4.69) is 0 Å². The Hall–Kier alpha value is -2.37. The summed E-state index contributed by atoms with van der Waals surface area (Å²) in [6.45, 7) is 1.61. The first-order valence-corrected chi connectivity index (χ1v) is 5.47. The first-order valence-electron chi connectivity index (χ1n) is 5.47. The molecule has 1 aromatic rings. The molecule has 4 N–H and O–H groups in total. The van der Waals surface area contributed by atoms with Crippen LogP contribution in [0, 0.1) is 0 Å². The van der Waals surface area contributed by atoms with Crippen molar-refractivity contribution >= 4 is 23.4 Å². The number of carbonyl (C=O) groups excluding carboxylic acids is 3. The summed E-state index contributed by atoms with van der Waals surface area (Å²) in [4.78, 5) is 36.0. The molecule has 0 aliphatic carbocycles. The third-order valence-corrected chi connectivity index (χ3v) is 2.88. The Labute approximate surface area is 104 Å². The first kappa shape index (κ1) is 12.1. The van der Waals surface area contributed by atoms with Gasteiger partial charge in [-0.3, -0.25) is 19.3 Å². The molecule has 6 heteroatoms.